The van der Waals surface area contributed by atoms with Gasteiger partial charge in [0.15, 0.2) is 11.5 Å². The maximum atomic E-state index is 12.7. The summed E-state index contributed by atoms with van der Waals surface area (Å²) in [5.74, 6) is 0.491. The van der Waals surface area contributed by atoms with E-state index in [1.807, 2.05) is 45.9 Å². The van der Waals surface area contributed by atoms with Crippen LogP contribution in [0.3, 0.4) is 0 Å². The first-order chi connectivity index (χ1) is 14.2. The van der Waals surface area contributed by atoms with Crippen molar-refractivity contribution >= 4 is 29.1 Å². The summed E-state index contributed by atoms with van der Waals surface area (Å²) in [6, 6.07) is 10.4. The number of ether oxygens (including phenoxy) is 2. The third-order valence-corrected chi connectivity index (χ3v) is 5.59. The van der Waals surface area contributed by atoms with Gasteiger partial charge < -0.3 is 20.1 Å². The van der Waals surface area contributed by atoms with Gasteiger partial charge in [0.2, 0.25) is 5.91 Å². The zero-order valence-electron chi connectivity index (χ0n) is 17.7. The van der Waals surface area contributed by atoms with Crippen LogP contribution in [0.5, 0.6) is 11.5 Å². The zero-order chi connectivity index (χ0) is 21.9. The number of halogens is 1. The van der Waals surface area contributed by atoms with E-state index in [4.69, 9.17) is 21.1 Å². The minimum absolute atomic E-state index is 0.188. The minimum atomic E-state index is -0.409. The van der Waals surface area contributed by atoms with E-state index in [1.165, 1.54) is 0 Å². The Bertz CT molecular complexity index is 958. The molecule has 30 heavy (non-hydrogen) atoms. The molecule has 1 unspecified atom stereocenters. The Morgan fingerprint density at radius 2 is 1.80 bits per heavy atom. The van der Waals surface area contributed by atoms with Crippen LogP contribution in [-0.4, -0.2) is 30.6 Å². The normalized spacial score (nSPS) is 14.0. The first kappa shape index (κ1) is 22.0. The predicted octanol–water partition coefficient (Wildman–Crippen LogP) is 4.77. The average molecular weight is 431 g/mol. The van der Waals surface area contributed by atoms with Crippen molar-refractivity contribution in [3.05, 3.63) is 52.5 Å². The van der Waals surface area contributed by atoms with Crippen LogP contribution in [0.2, 0.25) is 5.02 Å². The van der Waals surface area contributed by atoms with Crippen molar-refractivity contribution in [2.45, 2.75) is 45.6 Å². The predicted molar refractivity (Wildman–Crippen MR) is 118 cm³/mol. The molecule has 1 aliphatic rings. The first-order valence-electron chi connectivity index (χ1n) is 10.0. The monoisotopic (exact) mass is 430 g/mol. The summed E-state index contributed by atoms with van der Waals surface area (Å²) < 4.78 is 11.1. The summed E-state index contributed by atoms with van der Waals surface area (Å²) in [7, 11) is 0. The molecule has 7 heteroatoms. The standard InChI is InChI=1S/C23H27ClN2O4/c1-5-23(3,4)26-22(28)17-8-7-16(13-18(17)24)25-21(27)14(2)15-6-9-19-20(12-15)30-11-10-29-19/h6-9,12-14H,5,10-11H2,1-4H3,(H,25,27)(H,26,28). The Kier molecular flexibility index (Phi) is 6.56. The van der Waals surface area contributed by atoms with Crippen molar-refractivity contribution in [3.8, 4) is 11.5 Å². The Labute approximate surface area is 181 Å². The average Bonchev–Trinajstić information content (AvgIpc) is 2.72. The highest BCUT2D eigenvalue weighted by Gasteiger charge is 2.22. The van der Waals surface area contributed by atoms with Crippen molar-refractivity contribution in [2.75, 3.05) is 18.5 Å². The molecule has 2 aromatic rings. The van der Waals surface area contributed by atoms with Crippen LogP contribution in [0.15, 0.2) is 36.4 Å². The van der Waals surface area contributed by atoms with Crippen LogP contribution in [-0.2, 0) is 4.79 Å². The highest BCUT2D eigenvalue weighted by Crippen LogP contribution is 2.33. The lowest BCUT2D eigenvalue weighted by Gasteiger charge is -2.24. The second-order valence-corrected chi connectivity index (χ2v) is 8.41. The van der Waals surface area contributed by atoms with Crippen LogP contribution in [0, 0.1) is 0 Å². The van der Waals surface area contributed by atoms with Crippen molar-refractivity contribution in [3.63, 3.8) is 0 Å². The van der Waals surface area contributed by atoms with E-state index in [0.717, 1.165) is 12.0 Å². The largest absolute Gasteiger partial charge is 0.486 e. The number of carbonyl (C=O) groups is 2. The molecule has 160 valence electrons. The van der Waals surface area contributed by atoms with Crippen LogP contribution in [0.1, 0.15) is 56.0 Å². The Morgan fingerprint density at radius 3 is 2.47 bits per heavy atom. The summed E-state index contributed by atoms with van der Waals surface area (Å²) in [5, 5.41) is 6.10. The molecule has 0 radical (unpaired) electrons. The highest BCUT2D eigenvalue weighted by atomic mass is 35.5. The number of rotatable bonds is 6. The van der Waals surface area contributed by atoms with Crippen molar-refractivity contribution in [1.29, 1.82) is 0 Å². The number of hydrogen-bond acceptors (Lipinski definition) is 4. The second kappa shape index (κ2) is 8.96. The topological polar surface area (TPSA) is 76.7 Å². The van der Waals surface area contributed by atoms with E-state index in [1.54, 1.807) is 18.2 Å². The van der Waals surface area contributed by atoms with Gasteiger partial charge >= 0.3 is 0 Å². The smallest absolute Gasteiger partial charge is 0.253 e. The molecule has 0 spiro atoms. The maximum absolute atomic E-state index is 12.7. The van der Waals surface area contributed by atoms with Gasteiger partial charge in [-0.3, -0.25) is 9.59 Å². The molecular weight excluding hydrogens is 404 g/mol. The Balaban J connectivity index is 1.69. The van der Waals surface area contributed by atoms with Crippen LogP contribution in [0.25, 0.3) is 0 Å². The summed E-state index contributed by atoms with van der Waals surface area (Å²) in [6.45, 7) is 8.73. The van der Waals surface area contributed by atoms with Crippen LogP contribution in [0.4, 0.5) is 5.69 Å². The SMILES string of the molecule is CCC(C)(C)NC(=O)c1ccc(NC(=O)C(C)c2ccc3c(c2)OCCO3)cc1Cl. The number of carbonyl (C=O) groups excluding carboxylic acids is 2. The Hall–Kier alpha value is -2.73. The molecular formula is C23H27ClN2O4. The molecule has 3 rings (SSSR count). The van der Waals surface area contributed by atoms with Gasteiger partial charge in [-0.2, -0.15) is 0 Å². The molecule has 0 bridgehead atoms. The van der Waals surface area contributed by atoms with Crippen molar-refractivity contribution in [1.82, 2.24) is 5.32 Å². The molecule has 0 aromatic heterocycles. The van der Waals surface area contributed by atoms with E-state index < -0.39 is 5.92 Å². The summed E-state index contributed by atoms with van der Waals surface area (Å²) in [6.07, 6.45) is 0.794. The lowest BCUT2D eigenvalue weighted by atomic mass is 9.99. The van der Waals surface area contributed by atoms with Gasteiger partial charge in [-0.05, 0) is 63.1 Å². The highest BCUT2D eigenvalue weighted by molar-refractivity contribution is 6.34. The van der Waals surface area contributed by atoms with Gasteiger partial charge in [-0.15, -0.1) is 0 Å². The third kappa shape index (κ3) is 5.05. The number of amides is 2. The molecule has 1 atom stereocenters. The van der Waals surface area contributed by atoms with Gasteiger partial charge in [0.25, 0.3) is 5.91 Å². The van der Waals surface area contributed by atoms with E-state index in [2.05, 4.69) is 10.6 Å². The molecule has 0 fully saturated rings. The molecule has 0 saturated carbocycles. The fourth-order valence-corrected chi connectivity index (χ4v) is 3.24. The number of anilines is 1. The molecule has 0 saturated heterocycles. The maximum Gasteiger partial charge on any atom is 0.253 e. The summed E-state index contributed by atoms with van der Waals surface area (Å²) >= 11 is 6.31. The van der Waals surface area contributed by atoms with Gasteiger partial charge in [0.05, 0.1) is 16.5 Å². The molecule has 1 aliphatic heterocycles. The van der Waals surface area contributed by atoms with Crippen molar-refractivity contribution < 1.29 is 19.1 Å². The Morgan fingerprint density at radius 1 is 1.10 bits per heavy atom. The lowest BCUT2D eigenvalue weighted by Crippen LogP contribution is -2.42. The van der Waals surface area contributed by atoms with Gasteiger partial charge in [-0.1, -0.05) is 24.6 Å². The molecule has 6 nitrogen and oxygen atoms in total. The van der Waals surface area contributed by atoms with E-state index >= 15 is 0 Å². The summed E-state index contributed by atoms with van der Waals surface area (Å²) in [5.41, 5.74) is 1.39. The van der Waals surface area contributed by atoms with Gasteiger partial charge in [0.1, 0.15) is 13.2 Å². The number of fused-ring (bicyclic) bond motifs is 1. The van der Waals surface area contributed by atoms with E-state index in [0.29, 0.717) is 36.0 Å². The lowest BCUT2D eigenvalue weighted by molar-refractivity contribution is -0.117. The molecule has 2 aromatic carbocycles. The van der Waals surface area contributed by atoms with E-state index in [9.17, 15) is 9.59 Å². The fourth-order valence-electron chi connectivity index (χ4n) is 2.97. The molecule has 2 N–H and O–H groups in total. The van der Waals surface area contributed by atoms with E-state index in [-0.39, 0.29) is 22.4 Å². The first-order valence-corrected chi connectivity index (χ1v) is 10.4. The fraction of sp³-hybridized carbons (Fsp3) is 0.391. The van der Waals surface area contributed by atoms with Gasteiger partial charge in [-0.25, -0.2) is 0 Å². The third-order valence-electron chi connectivity index (χ3n) is 5.28. The molecule has 2 amide bonds. The number of benzene rings is 2. The summed E-state index contributed by atoms with van der Waals surface area (Å²) in [4.78, 5) is 25.2. The number of hydrogen-bond donors (Lipinski definition) is 2. The minimum Gasteiger partial charge on any atom is -0.486 e. The van der Waals surface area contributed by atoms with Gasteiger partial charge in [0, 0.05) is 11.2 Å². The molecule has 0 aliphatic carbocycles. The number of nitrogens with one attached hydrogen (secondary N) is 2. The quantitative estimate of drug-likeness (QED) is 0.691. The zero-order valence-corrected chi connectivity index (χ0v) is 18.4. The second-order valence-electron chi connectivity index (χ2n) is 8.00. The van der Waals surface area contributed by atoms with Crippen LogP contribution >= 0.6 is 11.6 Å². The van der Waals surface area contributed by atoms with Crippen molar-refractivity contribution in [2.24, 2.45) is 0 Å². The van der Waals surface area contributed by atoms with Crippen LogP contribution < -0.4 is 20.1 Å². The molecule has 1 heterocycles.